The first kappa shape index (κ1) is 14.1. The average Bonchev–Trinajstić information content (AvgIpc) is 2.35. The van der Waals surface area contributed by atoms with Gasteiger partial charge in [0, 0.05) is 26.9 Å². The minimum atomic E-state index is -0.838. The largest absolute Gasteiger partial charge is 1.00 e. The summed E-state index contributed by atoms with van der Waals surface area (Å²) >= 11 is 6.00. The summed E-state index contributed by atoms with van der Waals surface area (Å²) in [6, 6.07) is 7.88. The van der Waals surface area contributed by atoms with Gasteiger partial charge in [0.1, 0.15) is 0 Å². The first-order valence-electron chi connectivity index (χ1n) is 4.88. The Morgan fingerprint density at radius 2 is 1.61 bits per heavy atom. The monoisotopic (exact) mass is 285 g/mol. The van der Waals surface area contributed by atoms with Crippen molar-refractivity contribution in [1.29, 1.82) is 0 Å². The Kier molecular flexibility index (Phi) is 3.94. The van der Waals surface area contributed by atoms with E-state index < -0.39 is 11.8 Å². The molecule has 84 valence electrons. The van der Waals surface area contributed by atoms with Gasteiger partial charge in [-0.15, -0.1) is 0 Å². The van der Waals surface area contributed by atoms with E-state index in [1.807, 2.05) is 0 Å². The van der Waals surface area contributed by atoms with Crippen LogP contribution in [0.5, 0.6) is 0 Å². The molecular weight excluding hydrogens is 281 g/mol. The standard InChI is InChI=1S/C12H5ClNO3.K/c13-9-5-4-8-10-6(9)2-1-3-7(10)11(15)14(17)12(8)16;/h1-5H;/q-1;+1. The Labute approximate surface area is 150 Å². The summed E-state index contributed by atoms with van der Waals surface area (Å²) in [5, 5.41) is 12.8. The molecule has 0 unspecified atom stereocenters. The summed E-state index contributed by atoms with van der Waals surface area (Å²) in [6.07, 6.45) is 0. The van der Waals surface area contributed by atoms with E-state index >= 15 is 0 Å². The van der Waals surface area contributed by atoms with E-state index in [1.54, 1.807) is 18.2 Å². The van der Waals surface area contributed by atoms with Crippen molar-refractivity contribution in [3.05, 3.63) is 51.7 Å². The van der Waals surface area contributed by atoms with E-state index in [-0.39, 0.29) is 67.6 Å². The molecular formula is C12H5ClKNO3. The Morgan fingerprint density at radius 3 is 2.28 bits per heavy atom. The molecule has 2 amide bonds. The van der Waals surface area contributed by atoms with Gasteiger partial charge in [0.05, 0.1) is 0 Å². The molecule has 6 heteroatoms. The van der Waals surface area contributed by atoms with Gasteiger partial charge in [-0.25, -0.2) is 0 Å². The number of imide groups is 1. The van der Waals surface area contributed by atoms with Crippen LogP contribution in [0.3, 0.4) is 0 Å². The maximum atomic E-state index is 11.7. The van der Waals surface area contributed by atoms with E-state index in [2.05, 4.69) is 0 Å². The minimum absolute atomic E-state index is 0. The molecule has 3 rings (SSSR count). The zero-order valence-electron chi connectivity index (χ0n) is 9.44. The molecule has 0 radical (unpaired) electrons. The van der Waals surface area contributed by atoms with Crippen LogP contribution in [-0.4, -0.2) is 16.9 Å². The first-order chi connectivity index (χ1) is 8.11. The van der Waals surface area contributed by atoms with E-state index in [4.69, 9.17) is 11.6 Å². The van der Waals surface area contributed by atoms with Gasteiger partial charge in [0.15, 0.2) is 0 Å². The fourth-order valence-corrected chi connectivity index (χ4v) is 2.26. The van der Waals surface area contributed by atoms with Crippen LogP contribution in [0.2, 0.25) is 5.02 Å². The molecule has 0 aromatic heterocycles. The van der Waals surface area contributed by atoms with Crippen molar-refractivity contribution in [2.75, 3.05) is 0 Å². The molecule has 2 aromatic carbocycles. The van der Waals surface area contributed by atoms with Gasteiger partial charge >= 0.3 is 51.4 Å². The van der Waals surface area contributed by atoms with Gasteiger partial charge in [-0.05, 0) is 18.2 Å². The zero-order chi connectivity index (χ0) is 12.2. The Morgan fingerprint density at radius 1 is 1.00 bits per heavy atom. The van der Waals surface area contributed by atoms with E-state index in [0.717, 1.165) is 0 Å². The smallest absolute Gasteiger partial charge is 0.749 e. The fourth-order valence-electron chi connectivity index (χ4n) is 2.04. The molecule has 18 heavy (non-hydrogen) atoms. The summed E-state index contributed by atoms with van der Waals surface area (Å²) in [4.78, 5) is 23.3. The number of amides is 2. The first-order valence-corrected chi connectivity index (χ1v) is 5.26. The maximum Gasteiger partial charge on any atom is 1.00 e. The number of rotatable bonds is 0. The number of hydrogen-bond acceptors (Lipinski definition) is 3. The third kappa shape index (κ3) is 1.87. The quantitative estimate of drug-likeness (QED) is 0.488. The van der Waals surface area contributed by atoms with Crippen LogP contribution in [-0.2, 0) is 0 Å². The molecule has 0 aliphatic carbocycles. The van der Waals surface area contributed by atoms with Crippen LogP contribution in [0.25, 0.3) is 10.8 Å². The summed E-state index contributed by atoms with van der Waals surface area (Å²) in [5.41, 5.74) is 0.434. The zero-order valence-corrected chi connectivity index (χ0v) is 13.3. The second kappa shape index (κ2) is 5.01. The van der Waals surface area contributed by atoms with Crippen molar-refractivity contribution >= 4 is 34.2 Å². The van der Waals surface area contributed by atoms with Crippen LogP contribution in [0.4, 0.5) is 0 Å². The van der Waals surface area contributed by atoms with Gasteiger partial charge in [0.25, 0.3) is 11.8 Å². The van der Waals surface area contributed by atoms with Crippen molar-refractivity contribution in [3.63, 3.8) is 0 Å². The topological polar surface area (TPSA) is 60.4 Å². The van der Waals surface area contributed by atoms with Crippen LogP contribution in [0, 0.1) is 5.21 Å². The summed E-state index contributed by atoms with van der Waals surface area (Å²) < 4.78 is 0. The Bertz CT molecular complexity index is 664. The van der Waals surface area contributed by atoms with E-state index in [0.29, 0.717) is 15.8 Å². The minimum Gasteiger partial charge on any atom is -0.749 e. The molecule has 0 saturated heterocycles. The van der Waals surface area contributed by atoms with Gasteiger partial charge < -0.3 is 10.3 Å². The predicted octanol–water partition coefficient (Wildman–Crippen LogP) is -0.409. The van der Waals surface area contributed by atoms with Gasteiger partial charge in [0.2, 0.25) is 0 Å². The summed E-state index contributed by atoms with van der Waals surface area (Å²) in [6.45, 7) is 0. The van der Waals surface area contributed by atoms with Crippen molar-refractivity contribution in [3.8, 4) is 0 Å². The van der Waals surface area contributed by atoms with Gasteiger partial charge in [-0.3, -0.25) is 9.59 Å². The number of carbonyl (C=O) groups excluding carboxylic acids is 2. The van der Waals surface area contributed by atoms with Crippen LogP contribution in [0.1, 0.15) is 20.7 Å². The molecule has 0 bridgehead atoms. The average molecular weight is 286 g/mol. The maximum absolute atomic E-state index is 11.7. The van der Waals surface area contributed by atoms with Crippen molar-refractivity contribution in [2.45, 2.75) is 0 Å². The van der Waals surface area contributed by atoms with Gasteiger partial charge in [-0.2, -0.15) is 0 Å². The molecule has 2 aromatic rings. The molecule has 0 spiro atoms. The van der Waals surface area contributed by atoms with E-state index in [9.17, 15) is 14.8 Å². The molecule has 1 heterocycles. The Hall–Kier alpha value is -0.274. The number of hydroxylamine groups is 2. The van der Waals surface area contributed by atoms with Gasteiger partial charge in [-0.1, -0.05) is 23.7 Å². The molecule has 1 aliphatic rings. The Balaban J connectivity index is 0.00000120. The molecule has 0 N–H and O–H groups in total. The summed E-state index contributed by atoms with van der Waals surface area (Å²) in [7, 11) is 0. The second-order valence-corrected chi connectivity index (χ2v) is 4.13. The van der Waals surface area contributed by atoms with Crippen LogP contribution < -0.4 is 51.4 Å². The molecule has 4 nitrogen and oxygen atoms in total. The molecule has 0 fully saturated rings. The van der Waals surface area contributed by atoms with Crippen LogP contribution in [0.15, 0.2) is 30.3 Å². The number of halogens is 1. The molecule has 0 saturated carbocycles. The third-order valence-corrected chi connectivity index (χ3v) is 3.15. The SMILES string of the molecule is O=C1c2cccc3c(Cl)ccc(c23)C(=O)N1[O-].[K+]. The number of carbonyl (C=O) groups is 2. The van der Waals surface area contributed by atoms with Crippen molar-refractivity contribution in [2.24, 2.45) is 0 Å². The second-order valence-electron chi connectivity index (χ2n) is 3.73. The summed E-state index contributed by atoms with van der Waals surface area (Å²) in [5.74, 6) is -1.68. The molecule has 0 atom stereocenters. The normalized spacial score (nSPS) is 13.8. The van der Waals surface area contributed by atoms with E-state index in [1.165, 1.54) is 12.1 Å². The molecule has 1 aliphatic heterocycles. The fraction of sp³-hybridized carbons (Fsp3) is 0. The predicted molar refractivity (Wildman–Crippen MR) is 62.8 cm³/mol. The third-order valence-electron chi connectivity index (χ3n) is 2.82. The number of hydrogen-bond donors (Lipinski definition) is 0. The van der Waals surface area contributed by atoms with Crippen molar-refractivity contribution in [1.82, 2.24) is 5.06 Å². The number of nitrogens with zero attached hydrogens (tertiary/aromatic N) is 1. The van der Waals surface area contributed by atoms with Crippen molar-refractivity contribution < 1.29 is 61.0 Å². The number of benzene rings is 2. The van der Waals surface area contributed by atoms with Crippen LogP contribution >= 0.6 is 11.6 Å².